The number of pyridine rings is 3. The molecule has 13 heteroatoms. The van der Waals surface area contributed by atoms with Gasteiger partial charge in [0.05, 0.1) is 5.56 Å². The lowest BCUT2D eigenvalue weighted by Gasteiger charge is -2.23. The molecule has 2 amide bonds. The van der Waals surface area contributed by atoms with Crippen molar-refractivity contribution in [2.24, 2.45) is 0 Å². The largest absolute Gasteiger partial charge is 0.416 e. The Bertz CT molecular complexity index is 1890. The Morgan fingerprint density at radius 2 is 1.82 bits per heavy atom. The van der Waals surface area contributed by atoms with Gasteiger partial charge >= 0.3 is 6.61 Å². The highest BCUT2D eigenvalue weighted by molar-refractivity contribution is 6.09. The van der Waals surface area contributed by atoms with Gasteiger partial charge in [0, 0.05) is 47.9 Å². The lowest BCUT2D eigenvalue weighted by Crippen LogP contribution is -2.34. The maximum absolute atomic E-state index is 16.5. The number of nitrogens with one attached hydrogen (secondary N) is 1. The van der Waals surface area contributed by atoms with E-state index in [0.717, 1.165) is 0 Å². The number of rotatable bonds is 8. The number of aryl methyl sites for hydroxylation is 1. The first-order valence-corrected chi connectivity index (χ1v) is 13.6. The molecule has 0 saturated heterocycles. The van der Waals surface area contributed by atoms with Crippen LogP contribution in [0.4, 0.5) is 23.4 Å². The Balaban J connectivity index is 1.54. The Labute approximate surface area is 248 Å². The van der Waals surface area contributed by atoms with Gasteiger partial charge < -0.3 is 10.1 Å². The minimum absolute atomic E-state index is 0.0633. The molecule has 0 bridgehead atoms. The monoisotopic (exact) mass is 604 g/mol. The zero-order chi connectivity index (χ0) is 31.1. The minimum atomic E-state index is -3.27. The number of halogens is 4. The second-order valence-corrected chi connectivity index (χ2v) is 10.1. The molecule has 1 fully saturated rings. The van der Waals surface area contributed by atoms with Gasteiger partial charge in [0.15, 0.2) is 5.82 Å². The normalized spacial score (nSPS) is 12.9. The number of nitrogens with zero attached hydrogens (tertiary/aromatic N) is 5. The molecule has 4 aromatic heterocycles. The average molecular weight is 605 g/mol. The van der Waals surface area contributed by atoms with E-state index in [-0.39, 0.29) is 45.2 Å². The molecule has 0 atom stereocenters. The Morgan fingerprint density at radius 1 is 1.07 bits per heavy atom. The van der Waals surface area contributed by atoms with E-state index < -0.39 is 35.9 Å². The summed E-state index contributed by atoms with van der Waals surface area (Å²) >= 11 is 0. The lowest BCUT2D eigenvalue weighted by molar-refractivity contribution is -0.0532. The van der Waals surface area contributed by atoms with Crippen molar-refractivity contribution in [3.05, 3.63) is 95.4 Å². The molecule has 1 aromatic carbocycles. The molecule has 224 valence electrons. The summed E-state index contributed by atoms with van der Waals surface area (Å²) in [6, 6.07) is 12.7. The van der Waals surface area contributed by atoms with Gasteiger partial charge in [-0.2, -0.15) is 13.9 Å². The summed E-state index contributed by atoms with van der Waals surface area (Å²) < 4.78 is 62.8. The van der Waals surface area contributed by atoms with E-state index in [2.05, 4.69) is 25.1 Å². The van der Waals surface area contributed by atoms with Gasteiger partial charge in [-0.05, 0) is 68.3 Å². The zero-order valence-corrected chi connectivity index (χ0v) is 23.4. The molecule has 1 aliphatic carbocycles. The molecule has 0 radical (unpaired) electrons. The van der Waals surface area contributed by atoms with E-state index in [4.69, 9.17) is 0 Å². The van der Waals surface area contributed by atoms with Gasteiger partial charge in [-0.25, -0.2) is 23.3 Å². The minimum Gasteiger partial charge on any atom is -0.416 e. The average Bonchev–Trinajstić information content (AvgIpc) is 3.76. The van der Waals surface area contributed by atoms with Crippen LogP contribution < -0.4 is 15.0 Å². The summed E-state index contributed by atoms with van der Waals surface area (Å²) in [4.78, 5) is 36.7. The predicted octanol–water partition coefficient (Wildman–Crippen LogP) is 5.82. The van der Waals surface area contributed by atoms with Crippen molar-refractivity contribution >= 4 is 23.1 Å². The third-order valence-corrected chi connectivity index (χ3v) is 7.24. The first kappa shape index (κ1) is 28.8. The number of hydrogen-bond acceptors (Lipinski definition) is 6. The number of carbonyl (C=O) groups excluding carboxylic acids is 2. The first-order valence-electron chi connectivity index (χ1n) is 13.6. The van der Waals surface area contributed by atoms with Gasteiger partial charge in [-0.3, -0.25) is 14.5 Å². The number of aromatic nitrogens is 4. The first-order chi connectivity index (χ1) is 21.2. The number of fused-ring (bicyclic) bond motifs is 1. The van der Waals surface area contributed by atoms with Crippen molar-refractivity contribution in [2.45, 2.75) is 32.4 Å². The molecule has 1 saturated carbocycles. The van der Waals surface area contributed by atoms with E-state index in [1.807, 2.05) is 0 Å². The van der Waals surface area contributed by atoms with Crippen molar-refractivity contribution < 1.29 is 31.9 Å². The molecule has 1 N–H and O–H groups in total. The molecule has 6 rings (SSSR count). The Kier molecular flexibility index (Phi) is 7.45. The Hall–Kier alpha value is -5.33. The summed E-state index contributed by atoms with van der Waals surface area (Å²) in [6.07, 6.45) is 4.30. The quantitative estimate of drug-likeness (QED) is 0.224. The second-order valence-electron chi connectivity index (χ2n) is 10.1. The standard InChI is InChI=1S/C31H24F4N6O3/c1-16-21(15-22(29(38-16)44-31(34)35)30(43)41(19-10-11-19)23-5-3-4-13-37-23)20-12-14-40-27(25(20)33)24(28(42)36-2)26(39-40)17-6-8-18(32)9-7-17/h3-9,12-15,19,31H,10-11H2,1-2H3,(H,36,42). The highest BCUT2D eigenvalue weighted by Crippen LogP contribution is 2.38. The van der Waals surface area contributed by atoms with Gasteiger partial charge in [0.25, 0.3) is 11.8 Å². The molecular weight excluding hydrogens is 580 g/mol. The summed E-state index contributed by atoms with van der Waals surface area (Å²) in [6.45, 7) is -1.81. The van der Waals surface area contributed by atoms with E-state index in [1.165, 1.54) is 72.2 Å². The van der Waals surface area contributed by atoms with Gasteiger partial charge in [-0.1, -0.05) is 6.07 Å². The molecule has 1 aliphatic rings. The second kappa shape index (κ2) is 11.4. The summed E-state index contributed by atoms with van der Waals surface area (Å²) in [5.74, 6) is -2.99. The number of anilines is 1. The number of alkyl halides is 2. The van der Waals surface area contributed by atoms with Crippen LogP contribution in [0.3, 0.4) is 0 Å². The molecule has 44 heavy (non-hydrogen) atoms. The number of carbonyl (C=O) groups is 2. The topological polar surface area (TPSA) is 102 Å². The molecule has 0 spiro atoms. The fourth-order valence-electron chi connectivity index (χ4n) is 5.06. The van der Waals surface area contributed by atoms with Crippen LogP contribution in [0.15, 0.2) is 67.0 Å². The summed E-state index contributed by atoms with van der Waals surface area (Å²) in [5.41, 5.74) is 0.0323. The lowest BCUT2D eigenvalue weighted by atomic mass is 9.99. The van der Waals surface area contributed by atoms with Crippen molar-refractivity contribution in [1.82, 2.24) is 24.9 Å². The fourth-order valence-corrected chi connectivity index (χ4v) is 5.06. The number of amides is 2. The van der Waals surface area contributed by atoms with Crippen LogP contribution in [0.25, 0.3) is 27.9 Å². The van der Waals surface area contributed by atoms with Gasteiger partial charge in [0.2, 0.25) is 5.88 Å². The van der Waals surface area contributed by atoms with Crippen LogP contribution >= 0.6 is 0 Å². The van der Waals surface area contributed by atoms with E-state index in [9.17, 15) is 22.8 Å². The van der Waals surface area contributed by atoms with Crippen LogP contribution in [0, 0.1) is 18.6 Å². The van der Waals surface area contributed by atoms with Crippen LogP contribution in [0.5, 0.6) is 5.88 Å². The molecule has 0 unspecified atom stereocenters. The summed E-state index contributed by atoms with van der Waals surface area (Å²) in [5, 5.41) is 6.87. The zero-order valence-electron chi connectivity index (χ0n) is 23.4. The molecule has 4 heterocycles. The highest BCUT2D eigenvalue weighted by atomic mass is 19.3. The van der Waals surface area contributed by atoms with E-state index >= 15 is 4.39 Å². The maximum Gasteiger partial charge on any atom is 0.388 e. The van der Waals surface area contributed by atoms with Crippen LogP contribution in [-0.2, 0) is 0 Å². The molecule has 0 aliphatic heterocycles. The van der Waals surface area contributed by atoms with Crippen molar-refractivity contribution in [3.8, 4) is 28.3 Å². The van der Waals surface area contributed by atoms with Crippen molar-refractivity contribution in [2.75, 3.05) is 11.9 Å². The number of hydrogen-bond donors (Lipinski definition) is 1. The van der Waals surface area contributed by atoms with Crippen LogP contribution in [0.2, 0.25) is 0 Å². The van der Waals surface area contributed by atoms with Crippen LogP contribution in [-0.4, -0.2) is 51.1 Å². The van der Waals surface area contributed by atoms with E-state index in [0.29, 0.717) is 24.2 Å². The molecule has 5 aromatic rings. The van der Waals surface area contributed by atoms with Gasteiger partial charge in [-0.15, -0.1) is 0 Å². The van der Waals surface area contributed by atoms with E-state index in [1.54, 1.807) is 18.2 Å². The fraction of sp³-hybridized carbons (Fsp3) is 0.194. The van der Waals surface area contributed by atoms with Crippen LogP contribution in [0.1, 0.15) is 39.3 Å². The molecular formula is C31H24F4N6O3. The SMILES string of the molecule is CNC(=O)c1c(-c2ccc(F)cc2)nn2ccc(-c3cc(C(=O)N(c4ccccn4)C4CC4)c(OC(F)F)nc3C)c(F)c12. The number of benzene rings is 1. The third kappa shape index (κ3) is 5.21. The summed E-state index contributed by atoms with van der Waals surface area (Å²) in [7, 11) is 1.38. The van der Waals surface area contributed by atoms with Crippen molar-refractivity contribution in [3.63, 3.8) is 0 Å². The highest BCUT2D eigenvalue weighted by Gasteiger charge is 2.37. The maximum atomic E-state index is 16.5. The molecule has 9 nitrogen and oxygen atoms in total. The Morgan fingerprint density at radius 3 is 2.45 bits per heavy atom. The van der Waals surface area contributed by atoms with Crippen molar-refractivity contribution in [1.29, 1.82) is 0 Å². The third-order valence-electron chi connectivity index (χ3n) is 7.24. The van der Waals surface area contributed by atoms with Gasteiger partial charge in [0.1, 0.15) is 28.4 Å². The predicted molar refractivity (Wildman–Crippen MR) is 153 cm³/mol. The smallest absolute Gasteiger partial charge is 0.388 e. The number of ether oxygens (including phenoxy) is 1.